The molecule has 0 fully saturated rings. The van der Waals surface area contributed by atoms with Crippen LogP contribution in [-0.2, 0) is 18.1 Å². The maximum Gasteiger partial charge on any atom is 0.236 e. The van der Waals surface area contributed by atoms with Gasteiger partial charge in [0, 0.05) is 10.6 Å². The summed E-state index contributed by atoms with van der Waals surface area (Å²) in [5, 5.41) is 0. The fourth-order valence-electron chi connectivity index (χ4n) is 1.73. The summed E-state index contributed by atoms with van der Waals surface area (Å²) in [6, 6.07) is 2.20. The fourth-order valence-corrected chi connectivity index (χ4v) is 4.16. The first kappa shape index (κ1) is 10.7. The van der Waals surface area contributed by atoms with Gasteiger partial charge in [-0.3, -0.25) is 0 Å². The number of oxazole rings is 1. The minimum absolute atomic E-state index is 0.407. The molecule has 0 bridgehead atoms. The largest absolute Gasteiger partial charge is 0.444 e. The first-order valence-corrected chi connectivity index (χ1v) is 7.57. The fraction of sp³-hybridized carbons (Fsp3) is 0.364. The Morgan fingerprint density at radius 1 is 1.50 bits per heavy atom. The van der Waals surface area contributed by atoms with Gasteiger partial charge in [-0.15, -0.1) is 22.9 Å². The highest BCUT2D eigenvalue weighted by Crippen LogP contribution is 2.36. The Morgan fingerprint density at radius 3 is 3.19 bits per heavy atom. The molecule has 5 heteroatoms. The lowest BCUT2D eigenvalue weighted by Gasteiger charge is -2.08. The Bertz CT molecular complexity index is 482. The molecule has 0 radical (unpaired) electrons. The van der Waals surface area contributed by atoms with Crippen LogP contribution in [-0.4, -0.2) is 10.7 Å². The monoisotopic (exact) mass is 271 g/mol. The van der Waals surface area contributed by atoms with E-state index in [1.165, 1.54) is 22.6 Å². The zero-order chi connectivity index (χ0) is 11.0. The van der Waals surface area contributed by atoms with Crippen LogP contribution >= 0.6 is 34.7 Å². The summed E-state index contributed by atoms with van der Waals surface area (Å²) >= 11 is 9.50. The Balaban J connectivity index is 1.96. The highest BCUT2D eigenvalue weighted by molar-refractivity contribution is 7.98. The number of aromatic nitrogens is 1. The Kier molecular flexibility index (Phi) is 2.96. The number of nitrogens with zero attached hydrogens (tertiary/aromatic N) is 1. The Labute approximate surface area is 107 Å². The van der Waals surface area contributed by atoms with Crippen LogP contribution < -0.4 is 0 Å². The first-order valence-electron chi connectivity index (χ1n) is 5.07. The predicted molar refractivity (Wildman–Crippen MR) is 69.2 cm³/mol. The summed E-state index contributed by atoms with van der Waals surface area (Å²) in [6.07, 6.45) is 2.81. The minimum Gasteiger partial charge on any atom is -0.444 e. The van der Waals surface area contributed by atoms with E-state index >= 15 is 0 Å². The molecule has 0 unspecified atom stereocenters. The highest BCUT2D eigenvalue weighted by atomic mass is 35.5. The second-order valence-electron chi connectivity index (χ2n) is 3.64. The van der Waals surface area contributed by atoms with Gasteiger partial charge in [-0.25, -0.2) is 4.98 Å². The van der Waals surface area contributed by atoms with Gasteiger partial charge in [-0.1, -0.05) is 0 Å². The van der Waals surface area contributed by atoms with E-state index in [9.17, 15) is 0 Å². The van der Waals surface area contributed by atoms with E-state index in [0.29, 0.717) is 11.8 Å². The van der Waals surface area contributed by atoms with Gasteiger partial charge < -0.3 is 4.42 Å². The molecule has 0 aliphatic carbocycles. The SMILES string of the molecule is ClCc1coc(-c2cc3c(s2)CCSC3)n1. The van der Waals surface area contributed by atoms with Gasteiger partial charge in [0.05, 0.1) is 16.5 Å². The lowest BCUT2D eigenvalue weighted by Crippen LogP contribution is -1.96. The van der Waals surface area contributed by atoms with E-state index in [4.69, 9.17) is 16.0 Å². The summed E-state index contributed by atoms with van der Waals surface area (Å²) in [5.74, 6) is 3.46. The second kappa shape index (κ2) is 4.43. The number of rotatable bonds is 2. The van der Waals surface area contributed by atoms with Crippen molar-refractivity contribution in [3.05, 3.63) is 28.5 Å². The molecule has 0 aromatic carbocycles. The van der Waals surface area contributed by atoms with Gasteiger partial charge in [0.1, 0.15) is 6.26 Å². The maximum atomic E-state index is 5.71. The molecular weight excluding hydrogens is 262 g/mol. The van der Waals surface area contributed by atoms with Gasteiger partial charge in [-0.05, 0) is 23.8 Å². The summed E-state index contributed by atoms with van der Waals surface area (Å²) in [5.41, 5.74) is 2.25. The van der Waals surface area contributed by atoms with Crippen LogP contribution in [0.2, 0.25) is 0 Å². The van der Waals surface area contributed by atoms with Crippen molar-refractivity contribution >= 4 is 34.7 Å². The Hall–Kier alpha value is -0.450. The van der Waals surface area contributed by atoms with Crippen LogP contribution in [0.15, 0.2) is 16.7 Å². The molecule has 0 atom stereocenters. The molecule has 2 aromatic rings. The number of hydrogen-bond donors (Lipinski definition) is 0. The highest BCUT2D eigenvalue weighted by Gasteiger charge is 2.16. The van der Waals surface area contributed by atoms with Crippen molar-refractivity contribution < 1.29 is 4.42 Å². The van der Waals surface area contributed by atoms with Crippen molar-refractivity contribution in [1.29, 1.82) is 0 Å². The molecule has 3 heterocycles. The third kappa shape index (κ3) is 1.90. The maximum absolute atomic E-state index is 5.71. The molecule has 1 aliphatic rings. The molecular formula is C11H10ClNOS2. The number of alkyl halides is 1. The molecule has 0 saturated heterocycles. The standard InChI is InChI=1S/C11H10ClNOS2/c12-4-8-5-14-11(13-8)10-3-7-6-15-2-1-9(7)16-10/h3,5H,1-2,4,6H2. The number of aryl methyl sites for hydroxylation is 1. The molecule has 16 heavy (non-hydrogen) atoms. The molecule has 84 valence electrons. The summed E-state index contributed by atoms with van der Waals surface area (Å²) < 4.78 is 5.43. The quantitative estimate of drug-likeness (QED) is 0.774. The van der Waals surface area contributed by atoms with Crippen molar-refractivity contribution in [3.8, 4) is 10.8 Å². The lowest BCUT2D eigenvalue weighted by atomic mass is 10.2. The van der Waals surface area contributed by atoms with E-state index in [2.05, 4.69) is 11.1 Å². The zero-order valence-corrected chi connectivity index (χ0v) is 10.9. The van der Waals surface area contributed by atoms with Crippen molar-refractivity contribution in [2.24, 2.45) is 0 Å². The van der Waals surface area contributed by atoms with Gasteiger partial charge in [0.2, 0.25) is 5.89 Å². The van der Waals surface area contributed by atoms with Crippen molar-refractivity contribution in [2.45, 2.75) is 18.1 Å². The molecule has 0 spiro atoms. The van der Waals surface area contributed by atoms with Crippen LogP contribution in [0.25, 0.3) is 10.8 Å². The Morgan fingerprint density at radius 2 is 2.44 bits per heavy atom. The molecule has 3 rings (SSSR count). The predicted octanol–water partition coefficient (Wildman–Crippen LogP) is 3.93. The van der Waals surface area contributed by atoms with Crippen molar-refractivity contribution in [1.82, 2.24) is 4.98 Å². The van der Waals surface area contributed by atoms with Crippen LogP contribution in [0.5, 0.6) is 0 Å². The smallest absolute Gasteiger partial charge is 0.236 e. The third-order valence-electron chi connectivity index (χ3n) is 2.53. The molecule has 0 N–H and O–H groups in total. The number of halogens is 1. The number of fused-ring (bicyclic) bond motifs is 1. The number of thiophene rings is 1. The second-order valence-corrected chi connectivity index (χ2v) is 6.15. The van der Waals surface area contributed by atoms with Gasteiger partial charge >= 0.3 is 0 Å². The van der Waals surface area contributed by atoms with Crippen LogP contribution in [0.4, 0.5) is 0 Å². The molecule has 2 nitrogen and oxygen atoms in total. The molecule has 2 aromatic heterocycles. The van der Waals surface area contributed by atoms with Crippen molar-refractivity contribution in [2.75, 3.05) is 5.75 Å². The zero-order valence-electron chi connectivity index (χ0n) is 8.53. The summed E-state index contributed by atoms with van der Waals surface area (Å²) in [4.78, 5) is 6.96. The average molecular weight is 272 g/mol. The van der Waals surface area contributed by atoms with Crippen LogP contribution in [0, 0.1) is 0 Å². The van der Waals surface area contributed by atoms with E-state index in [1.54, 1.807) is 17.6 Å². The molecule has 1 aliphatic heterocycles. The summed E-state index contributed by atoms with van der Waals surface area (Å²) in [6.45, 7) is 0. The summed E-state index contributed by atoms with van der Waals surface area (Å²) in [7, 11) is 0. The molecule has 0 amide bonds. The van der Waals surface area contributed by atoms with Gasteiger partial charge in [-0.2, -0.15) is 11.8 Å². The van der Waals surface area contributed by atoms with Crippen LogP contribution in [0.3, 0.4) is 0 Å². The van der Waals surface area contributed by atoms with E-state index in [1.807, 2.05) is 11.8 Å². The van der Waals surface area contributed by atoms with Gasteiger partial charge in [0.15, 0.2) is 0 Å². The topological polar surface area (TPSA) is 26.0 Å². The third-order valence-corrected chi connectivity index (χ3v) is 5.03. The molecule has 0 saturated carbocycles. The average Bonchev–Trinajstić information content (AvgIpc) is 2.95. The number of thioether (sulfide) groups is 1. The van der Waals surface area contributed by atoms with Crippen molar-refractivity contribution in [3.63, 3.8) is 0 Å². The number of hydrogen-bond acceptors (Lipinski definition) is 4. The lowest BCUT2D eigenvalue weighted by molar-refractivity contribution is 0.575. The van der Waals surface area contributed by atoms with E-state index < -0.39 is 0 Å². The first-order chi connectivity index (χ1) is 7.86. The van der Waals surface area contributed by atoms with Gasteiger partial charge in [0.25, 0.3) is 0 Å². The van der Waals surface area contributed by atoms with E-state index in [0.717, 1.165) is 16.3 Å². The minimum atomic E-state index is 0.407. The van der Waals surface area contributed by atoms with E-state index in [-0.39, 0.29) is 0 Å². The van der Waals surface area contributed by atoms with Crippen LogP contribution in [0.1, 0.15) is 16.1 Å². The normalized spacial score (nSPS) is 15.1.